The second-order valence-corrected chi connectivity index (χ2v) is 2.81. The van der Waals surface area contributed by atoms with E-state index in [1.165, 1.54) is 0 Å². The maximum atomic E-state index is 13.2. The van der Waals surface area contributed by atoms with Crippen molar-refractivity contribution in [1.29, 1.82) is 5.26 Å². The number of alkyl halides is 2. The first-order chi connectivity index (χ1) is 7.99. The third-order valence-electron chi connectivity index (χ3n) is 1.81. The molecule has 0 aliphatic rings. The second-order valence-electron chi connectivity index (χ2n) is 2.81. The summed E-state index contributed by atoms with van der Waals surface area (Å²) in [5.74, 6) is -2.92. The molecule has 4 nitrogen and oxygen atoms in total. The third kappa shape index (κ3) is 2.87. The maximum Gasteiger partial charge on any atom is 0.387 e. The molecule has 0 heterocycles. The number of carbonyl (C=O) groups excluding carboxylic acids is 1. The zero-order chi connectivity index (χ0) is 13.0. The van der Waals surface area contributed by atoms with E-state index in [9.17, 15) is 18.0 Å². The van der Waals surface area contributed by atoms with Gasteiger partial charge in [-0.1, -0.05) is 0 Å². The fourth-order valence-electron chi connectivity index (χ4n) is 1.11. The molecule has 1 aromatic rings. The Labute approximate surface area is 94.2 Å². The van der Waals surface area contributed by atoms with Crippen molar-refractivity contribution in [2.24, 2.45) is 0 Å². The average Bonchev–Trinajstić information content (AvgIpc) is 2.29. The van der Waals surface area contributed by atoms with Crippen LogP contribution in [0.3, 0.4) is 0 Å². The lowest BCUT2D eigenvalue weighted by Gasteiger charge is -2.08. The van der Waals surface area contributed by atoms with E-state index in [2.05, 4.69) is 9.47 Å². The van der Waals surface area contributed by atoms with E-state index in [0.29, 0.717) is 12.1 Å². The van der Waals surface area contributed by atoms with Gasteiger partial charge in [-0.3, -0.25) is 0 Å². The van der Waals surface area contributed by atoms with Crippen LogP contribution in [0.5, 0.6) is 5.75 Å². The van der Waals surface area contributed by atoms with Crippen LogP contribution in [-0.4, -0.2) is 19.7 Å². The van der Waals surface area contributed by atoms with E-state index in [1.54, 1.807) is 6.07 Å². The largest absolute Gasteiger partial charge is 0.465 e. The lowest BCUT2D eigenvalue weighted by atomic mass is 10.1. The molecule has 90 valence electrons. The minimum absolute atomic E-state index is 0.323. The van der Waals surface area contributed by atoms with Gasteiger partial charge in [-0.05, 0) is 12.1 Å². The normalized spacial score (nSPS) is 9.88. The number of hydrogen-bond donors (Lipinski definition) is 0. The average molecular weight is 245 g/mol. The maximum absolute atomic E-state index is 13.2. The third-order valence-corrected chi connectivity index (χ3v) is 1.81. The Hall–Kier alpha value is -2.23. The summed E-state index contributed by atoms with van der Waals surface area (Å²) in [4.78, 5) is 11.2. The zero-order valence-electron chi connectivity index (χ0n) is 8.54. The summed E-state index contributed by atoms with van der Waals surface area (Å²) in [6.07, 6.45) is 0. The molecule has 0 saturated heterocycles. The Morgan fingerprint density at radius 1 is 1.47 bits per heavy atom. The van der Waals surface area contributed by atoms with Crippen LogP contribution in [0.15, 0.2) is 12.1 Å². The highest BCUT2D eigenvalue weighted by Crippen LogP contribution is 2.24. The molecule has 1 aromatic carbocycles. The predicted molar refractivity (Wildman–Crippen MR) is 49.1 cm³/mol. The topological polar surface area (TPSA) is 59.3 Å². The molecule has 0 atom stereocenters. The van der Waals surface area contributed by atoms with Crippen molar-refractivity contribution >= 4 is 5.97 Å². The molecule has 0 saturated carbocycles. The van der Waals surface area contributed by atoms with Crippen molar-refractivity contribution in [2.45, 2.75) is 6.61 Å². The van der Waals surface area contributed by atoms with Crippen LogP contribution in [0.25, 0.3) is 0 Å². The fourth-order valence-corrected chi connectivity index (χ4v) is 1.11. The summed E-state index contributed by atoms with van der Waals surface area (Å²) in [5, 5.41) is 8.65. The second kappa shape index (κ2) is 5.21. The van der Waals surface area contributed by atoms with Crippen molar-refractivity contribution in [3.05, 3.63) is 29.1 Å². The number of esters is 1. The fraction of sp³-hybridized carbons (Fsp3) is 0.200. The number of nitrogens with zero attached hydrogens (tertiary/aromatic N) is 1. The van der Waals surface area contributed by atoms with E-state index in [4.69, 9.17) is 5.26 Å². The number of rotatable bonds is 3. The molecule has 0 aliphatic heterocycles. The quantitative estimate of drug-likeness (QED) is 0.765. The number of ether oxygens (including phenoxy) is 2. The van der Waals surface area contributed by atoms with Gasteiger partial charge in [0.1, 0.15) is 6.07 Å². The van der Waals surface area contributed by atoms with Gasteiger partial charge in [-0.2, -0.15) is 14.0 Å². The minimum atomic E-state index is -3.23. The Morgan fingerprint density at radius 3 is 2.59 bits per heavy atom. The van der Waals surface area contributed by atoms with E-state index in [0.717, 1.165) is 7.11 Å². The molecular formula is C10H6F3NO3. The monoisotopic (exact) mass is 245 g/mol. The lowest BCUT2D eigenvalue weighted by molar-refractivity contribution is -0.0522. The molecule has 0 aliphatic carbocycles. The van der Waals surface area contributed by atoms with Gasteiger partial charge in [0.25, 0.3) is 0 Å². The Bertz CT molecular complexity index is 482. The lowest BCUT2D eigenvalue weighted by Crippen LogP contribution is -2.09. The molecule has 1 rings (SSSR count). The summed E-state index contributed by atoms with van der Waals surface area (Å²) < 4.78 is 45.2. The first-order valence-corrected chi connectivity index (χ1v) is 4.26. The van der Waals surface area contributed by atoms with Crippen molar-refractivity contribution in [2.75, 3.05) is 7.11 Å². The Morgan fingerprint density at radius 2 is 2.12 bits per heavy atom. The first kappa shape index (κ1) is 12.8. The first-order valence-electron chi connectivity index (χ1n) is 4.26. The summed E-state index contributed by atoms with van der Waals surface area (Å²) in [7, 11) is 1.04. The Balaban J connectivity index is 3.28. The van der Waals surface area contributed by atoms with E-state index >= 15 is 0 Å². The molecule has 0 spiro atoms. The molecule has 0 aromatic heterocycles. The van der Waals surface area contributed by atoms with Crippen molar-refractivity contribution in [3.63, 3.8) is 0 Å². The summed E-state index contributed by atoms with van der Waals surface area (Å²) in [6.45, 7) is -3.23. The highest BCUT2D eigenvalue weighted by Gasteiger charge is 2.19. The van der Waals surface area contributed by atoms with Crippen LogP contribution in [-0.2, 0) is 4.74 Å². The molecule has 0 unspecified atom stereocenters. The van der Waals surface area contributed by atoms with Gasteiger partial charge < -0.3 is 9.47 Å². The van der Waals surface area contributed by atoms with Crippen molar-refractivity contribution < 1.29 is 27.4 Å². The van der Waals surface area contributed by atoms with Crippen LogP contribution in [0.4, 0.5) is 13.2 Å². The molecule has 17 heavy (non-hydrogen) atoms. The molecular weight excluding hydrogens is 239 g/mol. The van der Waals surface area contributed by atoms with E-state index in [-0.39, 0.29) is 11.1 Å². The zero-order valence-corrected chi connectivity index (χ0v) is 8.54. The predicted octanol–water partition coefficient (Wildman–Crippen LogP) is 2.09. The van der Waals surface area contributed by atoms with Crippen LogP contribution < -0.4 is 4.74 Å². The van der Waals surface area contributed by atoms with Gasteiger partial charge in [0.15, 0.2) is 11.6 Å². The van der Waals surface area contributed by atoms with Crippen molar-refractivity contribution in [3.8, 4) is 11.8 Å². The smallest absolute Gasteiger partial charge is 0.387 e. The Kier molecular flexibility index (Phi) is 3.93. The number of hydrogen-bond acceptors (Lipinski definition) is 4. The van der Waals surface area contributed by atoms with Crippen LogP contribution >= 0.6 is 0 Å². The molecule has 0 N–H and O–H groups in total. The van der Waals surface area contributed by atoms with Crippen LogP contribution in [0, 0.1) is 17.1 Å². The number of halogens is 3. The standard InChI is InChI=1S/C10H6F3NO3/c1-16-9(15)6-3-8(17-10(12)13)7(11)2-5(6)4-14/h2-3,10H,1H3. The molecule has 0 amide bonds. The highest BCUT2D eigenvalue weighted by molar-refractivity contribution is 5.92. The molecule has 7 heteroatoms. The molecule has 0 bridgehead atoms. The molecule has 0 radical (unpaired) electrons. The molecule has 0 fully saturated rings. The highest BCUT2D eigenvalue weighted by atomic mass is 19.3. The van der Waals surface area contributed by atoms with Gasteiger partial charge in [-0.15, -0.1) is 0 Å². The number of benzene rings is 1. The SMILES string of the molecule is COC(=O)c1cc(OC(F)F)c(F)cc1C#N. The van der Waals surface area contributed by atoms with Crippen LogP contribution in [0.1, 0.15) is 15.9 Å². The van der Waals surface area contributed by atoms with Crippen LogP contribution in [0.2, 0.25) is 0 Å². The van der Waals surface area contributed by atoms with Gasteiger partial charge >= 0.3 is 12.6 Å². The van der Waals surface area contributed by atoms with E-state index < -0.39 is 24.1 Å². The van der Waals surface area contributed by atoms with Gasteiger partial charge in [0.05, 0.1) is 18.2 Å². The van der Waals surface area contributed by atoms with Gasteiger partial charge in [0.2, 0.25) is 0 Å². The van der Waals surface area contributed by atoms with E-state index in [1.807, 2.05) is 0 Å². The summed E-state index contributed by atoms with van der Waals surface area (Å²) in [6, 6.07) is 2.88. The van der Waals surface area contributed by atoms with Gasteiger partial charge in [-0.25, -0.2) is 9.18 Å². The number of methoxy groups -OCH3 is 1. The summed E-state index contributed by atoms with van der Waals surface area (Å²) >= 11 is 0. The number of nitriles is 1. The minimum Gasteiger partial charge on any atom is -0.465 e. The summed E-state index contributed by atoms with van der Waals surface area (Å²) in [5.41, 5.74) is -0.664. The van der Waals surface area contributed by atoms with Crippen molar-refractivity contribution in [1.82, 2.24) is 0 Å². The number of carbonyl (C=O) groups is 1. The van der Waals surface area contributed by atoms with Gasteiger partial charge in [0, 0.05) is 0 Å².